The first-order valence-electron chi connectivity index (χ1n) is 3.21. The molecule has 1 heterocycles. The molecule has 3 heteroatoms. The summed E-state index contributed by atoms with van der Waals surface area (Å²) in [5, 5.41) is 0.566. The molecule has 1 unspecified atom stereocenters. The van der Waals surface area contributed by atoms with E-state index in [2.05, 4.69) is 9.83 Å². The molecule has 0 saturated carbocycles. The predicted molar refractivity (Wildman–Crippen MR) is 44.3 cm³/mol. The van der Waals surface area contributed by atoms with Crippen LogP contribution in [-0.2, 0) is 0 Å². The summed E-state index contributed by atoms with van der Waals surface area (Å²) in [6, 6.07) is 1.59. The van der Waals surface area contributed by atoms with Crippen LogP contribution >= 0.6 is 11.6 Å². The highest BCUT2D eigenvalue weighted by molar-refractivity contribution is 6.31. The van der Waals surface area contributed by atoms with Crippen LogP contribution in [-0.4, -0.2) is 4.98 Å². The van der Waals surface area contributed by atoms with Crippen molar-refractivity contribution >= 4 is 11.6 Å². The van der Waals surface area contributed by atoms with Crippen molar-refractivity contribution in [3.63, 3.8) is 0 Å². The molecular weight excluding hydrogens is 160 g/mol. The molecule has 0 aliphatic heterocycles. The molecule has 0 bridgehead atoms. The van der Waals surface area contributed by atoms with Crippen LogP contribution < -0.4 is 0 Å². The maximum Gasteiger partial charge on any atom is 0.247 e. The summed E-state index contributed by atoms with van der Waals surface area (Å²) >= 11 is 5.79. The molecule has 0 fully saturated rings. The van der Waals surface area contributed by atoms with Crippen LogP contribution in [0.2, 0.25) is 5.02 Å². The number of aromatic nitrogens is 1. The molecule has 0 aromatic carbocycles. The highest BCUT2D eigenvalue weighted by Crippen LogP contribution is 2.23. The zero-order valence-corrected chi connectivity index (χ0v) is 6.84. The Morgan fingerprint density at radius 3 is 3.00 bits per heavy atom. The third-order valence-corrected chi connectivity index (χ3v) is 1.76. The van der Waals surface area contributed by atoms with Gasteiger partial charge in [0.05, 0.1) is 10.6 Å². The minimum Gasteiger partial charge on any atom is -0.309 e. The first-order chi connectivity index (χ1) is 5.25. The molecule has 1 aromatic rings. The van der Waals surface area contributed by atoms with E-state index in [1.165, 1.54) is 0 Å². The van der Waals surface area contributed by atoms with E-state index >= 15 is 0 Å². The average Bonchev–Trinajstić information content (AvgIpc) is 2.04. The van der Waals surface area contributed by atoms with Gasteiger partial charge in [-0.25, -0.2) is 6.57 Å². The quantitative estimate of drug-likeness (QED) is 0.587. The SMILES string of the molecule is [C-]#[N+]C(C)c1ccncc1Cl. The normalized spacial score (nSPS) is 12.1. The Labute approximate surface area is 70.7 Å². The monoisotopic (exact) mass is 166 g/mol. The fourth-order valence-electron chi connectivity index (χ4n) is 0.794. The van der Waals surface area contributed by atoms with Gasteiger partial charge in [0.25, 0.3) is 0 Å². The van der Waals surface area contributed by atoms with E-state index in [9.17, 15) is 0 Å². The van der Waals surface area contributed by atoms with Crippen LogP contribution in [0.5, 0.6) is 0 Å². The van der Waals surface area contributed by atoms with Gasteiger partial charge in [0.15, 0.2) is 0 Å². The molecule has 0 N–H and O–H groups in total. The van der Waals surface area contributed by atoms with Gasteiger partial charge < -0.3 is 4.85 Å². The second-order valence-electron chi connectivity index (χ2n) is 2.20. The standard InChI is InChI=1S/C8H7ClN2/c1-6(10-2)7-3-4-11-5-8(7)9/h3-6H,1H3. The second-order valence-corrected chi connectivity index (χ2v) is 2.61. The third-order valence-electron chi connectivity index (χ3n) is 1.45. The summed E-state index contributed by atoms with van der Waals surface area (Å²) < 4.78 is 0. The molecule has 0 aliphatic rings. The molecule has 1 rings (SSSR count). The van der Waals surface area contributed by atoms with Gasteiger partial charge in [-0.05, 0) is 6.07 Å². The maximum atomic E-state index is 6.79. The Morgan fingerprint density at radius 1 is 1.73 bits per heavy atom. The van der Waals surface area contributed by atoms with Gasteiger partial charge in [0, 0.05) is 19.3 Å². The molecule has 2 nitrogen and oxygen atoms in total. The summed E-state index contributed by atoms with van der Waals surface area (Å²) in [4.78, 5) is 7.18. The zero-order chi connectivity index (χ0) is 8.27. The molecule has 0 saturated heterocycles. The van der Waals surface area contributed by atoms with E-state index in [1.807, 2.05) is 6.92 Å². The van der Waals surface area contributed by atoms with Crippen molar-refractivity contribution in [1.29, 1.82) is 0 Å². The van der Waals surface area contributed by atoms with Gasteiger partial charge in [-0.3, -0.25) is 4.98 Å². The summed E-state index contributed by atoms with van der Waals surface area (Å²) in [5.74, 6) is 0. The molecule has 1 aromatic heterocycles. The highest BCUT2D eigenvalue weighted by atomic mass is 35.5. The van der Waals surface area contributed by atoms with Crippen LogP contribution in [0.15, 0.2) is 18.5 Å². The lowest BCUT2D eigenvalue weighted by atomic mass is 10.1. The largest absolute Gasteiger partial charge is 0.309 e. The lowest BCUT2D eigenvalue weighted by molar-refractivity contribution is 0.955. The van der Waals surface area contributed by atoms with Gasteiger partial charge in [-0.15, -0.1) is 0 Å². The molecule has 0 radical (unpaired) electrons. The molecule has 56 valence electrons. The predicted octanol–water partition coefficient (Wildman–Crippen LogP) is 2.72. The summed E-state index contributed by atoms with van der Waals surface area (Å²) in [5.41, 5.74) is 0.844. The van der Waals surface area contributed by atoms with Crippen LogP contribution in [0, 0.1) is 6.57 Å². The van der Waals surface area contributed by atoms with E-state index in [-0.39, 0.29) is 6.04 Å². The van der Waals surface area contributed by atoms with E-state index in [0.29, 0.717) is 5.02 Å². The van der Waals surface area contributed by atoms with Crippen LogP contribution in [0.4, 0.5) is 0 Å². The number of pyridine rings is 1. The maximum absolute atomic E-state index is 6.79. The average molecular weight is 167 g/mol. The molecule has 1 atom stereocenters. The number of hydrogen-bond donors (Lipinski definition) is 0. The number of rotatable bonds is 1. The highest BCUT2D eigenvalue weighted by Gasteiger charge is 2.11. The number of halogens is 1. The first-order valence-corrected chi connectivity index (χ1v) is 3.59. The fraction of sp³-hybridized carbons (Fsp3) is 0.250. The van der Waals surface area contributed by atoms with Gasteiger partial charge in [0.2, 0.25) is 6.04 Å². The second kappa shape index (κ2) is 3.36. The molecular formula is C8H7ClN2. The van der Waals surface area contributed by atoms with Crippen molar-refractivity contribution in [2.45, 2.75) is 13.0 Å². The van der Waals surface area contributed by atoms with E-state index in [0.717, 1.165) is 5.56 Å². The lowest BCUT2D eigenvalue weighted by Gasteiger charge is -1.99. The van der Waals surface area contributed by atoms with Gasteiger partial charge in [-0.2, -0.15) is 0 Å². The fourth-order valence-corrected chi connectivity index (χ4v) is 1.07. The van der Waals surface area contributed by atoms with Crippen molar-refractivity contribution in [2.75, 3.05) is 0 Å². The van der Waals surface area contributed by atoms with E-state index < -0.39 is 0 Å². The minimum absolute atomic E-state index is 0.175. The smallest absolute Gasteiger partial charge is 0.247 e. The van der Waals surface area contributed by atoms with Gasteiger partial charge >= 0.3 is 0 Å². The van der Waals surface area contributed by atoms with Crippen molar-refractivity contribution < 1.29 is 0 Å². The van der Waals surface area contributed by atoms with Crippen molar-refractivity contribution in [2.24, 2.45) is 0 Å². The van der Waals surface area contributed by atoms with Crippen molar-refractivity contribution in [3.8, 4) is 0 Å². The number of hydrogen-bond acceptors (Lipinski definition) is 1. The topological polar surface area (TPSA) is 17.2 Å². The Balaban J connectivity index is 3.05. The van der Waals surface area contributed by atoms with Crippen molar-refractivity contribution in [1.82, 2.24) is 4.98 Å². The van der Waals surface area contributed by atoms with Gasteiger partial charge in [0.1, 0.15) is 0 Å². The van der Waals surface area contributed by atoms with Crippen LogP contribution in [0.1, 0.15) is 18.5 Å². The summed E-state index contributed by atoms with van der Waals surface area (Å²) in [6.07, 6.45) is 3.20. The Hall–Kier alpha value is -1.07. The summed E-state index contributed by atoms with van der Waals surface area (Å²) in [7, 11) is 0. The Bertz CT molecular complexity index is 290. The molecule has 0 spiro atoms. The molecule has 11 heavy (non-hydrogen) atoms. The summed E-state index contributed by atoms with van der Waals surface area (Å²) in [6.45, 7) is 8.60. The van der Waals surface area contributed by atoms with Gasteiger partial charge in [-0.1, -0.05) is 11.6 Å². The molecule has 0 amide bonds. The first kappa shape index (κ1) is 8.03. The van der Waals surface area contributed by atoms with Crippen LogP contribution in [0.25, 0.3) is 4.85 Å². The van der Waals surface area contributed by atoms with Crippen LogP contribution in [0.3, 0.4) is 0 Å². The minimum atomic E-state index is -0.175. The third kappa shape index (κ3) is 1.69. The number of nitrogens with zero attached hydrogens (tertiary/aromatic N) is 2. The lowest BCUT2D eigenvalue weighted by Crippen LogP contribution is -1.88. The zero-order valence-electron chi connectivity index (χ0n) is 6.08. The van der Waals surface area contributed by atoms with E-state index in [1.54, 1.807) is 18.5 Å². The molecule has 0 aliphatic carbocycles. The van der Waals surface area contributed by atoms with E-state index in [4.69, 9.17) is 18.2 Å². The Kier molecular flexibility index (Phi) is 2.45. The van der Waals surface area contributed by atoms with Crippen molar-refractivity contribution in [3.05, 3.63) is 40.5 Å². The Morgan fingerprint density at radius 2 is 2.45 bits per heavy atom.